The molecule has 10 heteroatoms. The van der Waals surface area contributed by atoms with Crippen molar-refractivity contribution >= 4 is 28.6 Å². The molecule has 2 saturated heterocycles. The molecule has 5 rings (SSSR count). The van der Waals surface area contributed by atoms with E-state index < -0.39 is 22.9 Å². The summed E-state index contributed by atoms with van der Waals surface area (Å²) in [7, 11) is 3.11. The molecule has 42 heavy (non-hydrogen) atoms. The minimum Gasteiger partial charge on any atom is -0.494 e. The van der Waals surface area contributed by atoms with E-state index in [9.17, 15) is 14.0 Å². The standard InChI is InChI=1S/C32H39FN4O5/c1-31(2,3)42-30(39)36(4)15-16-41-22-9-7-21(8-10-22)25-18-27(23-17-24(33)28(40-5)19-26(23)35-25)37-14-12-32(20-37)11-6-13-34-29(32)38/h7-10,17-19H,6,11-16,20H2,1-5H3,(H,34,38). The summed E-state index contributed by atoms with van der Waals surface area (Å²) >= 11 is 0. The Balaban J connectivity index is 1.37. The topological polar surface area (TPSA) is 93.2 Å². The van der Waals surface area contributed by atoms with Gasteiger partial charge < -0.3 is 29.3 Å². The van der Waals surface area contributed by atoms with Crippen molar-refractivity contribution in [1.29, 1.82) is 0 Å². The van der Waals surface area contributed by atoms with Crippen LogP contribution < -0.4 is 19.7 Å². The number of halogens is 1. The number of benzene rings is 2. The van der Waals surface area contributed by atoms with Crippen LogP contribution in [0.15, 0.2) is 42.5 Å². The van der Waals surface area contributed by atoms with E-state index in [0.717, 1.165) is 36.2 Å². The number of hydrogen-bond donors (Lipinski definition) is 1. The Kier molecular flexibility index (Phi) is 8.17. The summed E-state index contributed by atoms with van der Waals surface area (Å²) in [6.07, 6.45) is 2.16. The molecule has 2 aromatic carbocycles. The van der Waals surface area contributed by atoms with E-state index >= 15 is 0 Å². The van der Waals surface area contributed by atoms with Crippen LogP contribution >= 0.6 is 0 Å². The first kappa shape index (κ1) is 29.4. The predicted molar refractivity (Wildman–Crippen MR) is 160 cm³/mol. The second-order valence-electron chi connectivity index (χ2n) is 12.1. The number of carbonyl (C=O) groups excluding carboxylic acids is 2. The van der Waals surface area contributed by atoms with Gasteiger partial charge in [-0.25, -0.2) is 14.2 Å². The third-order valence-corrected chi connectivity index (χ3v) is 7.90. The van der Waals surface area contributed by atoms with Crippen LogP contribution in [-0.2, 0) is 9.53 Å². The Morgan fingerprint density at radius 3 is 2.62 bits per heavy atom. The van der Waals surface area contributed by atoms with Crippen molar-refractivity contribution in [1.82, 2.24) is 15.2 Å². The van der Waals surface area contributed by atoms with Crippen LogP contribution in [0.1, 0.15) is 40.0 Å². The average Bonchev–Trinajstić information content (AvgIpc) is 3.38. The number of likely N-dealkylation sites (N-methyl/N-ethyl adjacent to an activating group) is 1. The van der Waals surface area contributed by atoms with E-state index in [-0.39, 0.29) is 11.7 Å². The number of methoxy groups -OCH3 is 1. The predicted octanol–water partition coefficient (Wildman–Crippen LogP) is 5.40. The highest BCUT2D eigenvalue weighted by molar-refractivity contribution is 5.96. The van der Waals surface area contributed by atoms with E-state index in [0.29, 0.717) is 49.4 Å². The molecule has 1 N–H and O–H groups in total. The van der Waals surface area contributed by atoms with Gasteiger partial charge in [0.15, 0.2) is 11.6 Å². The number of anilines is 1. The molecule has 224 valence electrons. The van der Waals surface area contributed by atoms with Crippen molar-refractivity contribution in [3.63, 3.8) is 0 Å². The second-order valence-corrected chi connectivity index (χ2v) is 12.1. The Morgan fingerprint density at radius 1 is 1.17 bits per heavy atom. The molecule has 0 aliphatic carbocycles. The monoisotopic (exact) mass is 578 g/mol. The smallest absolute Gasteiger partial charge is 0.410 e. The second kappa shape index (κ2) is 11.7. The number of rotatable bonds is 7. The van der Waals surface area contributed by atoms with E-state index in [1.165, 1.54) is 18.1 Å². The van der Waals surface area contributed by atoms with Crippen molar-refractivity contribution in [3.8, 4) is 22.8 Å². The molecule has 1 spiro atoms. The fraction of sp³-hybridized carbons (Fsp3) is 0.469. The molecule has 2 aliphatic rings. The maximum absolute atomic E-state index is 14.9. The van der Waals surface area contributed by atoms with Gasteiger partial charge in [-0.15, -0.1) is 0 Å². The molecular formula is C32H39FN4O5. The molecule has 1 aromatic heterocycles. The fourth-order valence-corrected chi connectivity index (χ4v) is 5.63. The van der Waals surface area contributed by atoms with Crippen LogP contribution in [0.3, 0.4) is 0 Å². The first-order valence-corrected chi connectivity index (χ1v) is 14.4. The largest absolute Gasteiger partial charge is 0.494 e. The number of nitrogens with one attached hydrogen (secondary N) is 1. The molecule has 2 fully saturated rings. The number of carbonyl (C=O) groups is 2. The van der Waals surface area contributed by atoms with Crippen LogP contribution in [0.5, 0.6) is 11.5 Å². The number of fused-ring (bicyclic) bond motifs is 1. The van der Waals surface area contributed by atoms with Crippen LogP contribution in [0, 0.1) is 11.2 Å². The molecule has 0 radical (unpaired) electrons. The van der Waals surface area contributed by atoms with Gasteiger partial charge in [0.25, 0.3) is 0 Å². The number of amides is 2. The third-order valence-electron chi connectivity index (χ3n) is 7.90. The van der Waals surface area contributed by atoms with Crippen LogP contribution in [0.2, 0.25) is 0 Å². The number of piperidine rings is 1. The minimum atomic E-state index is -0.557. The average molecular weight is 579 g/mol. The lowest BCUT2D eigenvalue weighted by Gasteiger charge is -2.32. The lowest BCUT2D eigenvalue weighted by atomic mass is 9.79. The molecule has 9 nitrogen and oxygen atoms in total. The highest BCUT2D eigenvalue weighted by atomic mass is 19.1. The number of aromatic nitrogens is 1. The van der Waals surface area contributed by atoms with E-state index in [1.54, 1.807) is 13.1 Å². The van der Waals surface area contributed by atoms with E-state index in [4.69, 9.17) is 19.2 Å². The summed E-state index contributed by atoms with van der Waals surface area (Å²) in [6.45, 7) is 8.16. The van der Waals surface area contributed by atoms with Gasteiger partial charge in [0.2, 0.25) is 5.91 Å². The van der Waals surface area contributed by atoms with E-state index in [2.05, 4.69) is 10.2 Å². The Hall–Kier alpha value is -4.08. The maximum Gasteiger partial charge on any atom is 0.410 e. The zero-order valence-electron chi connectivity index (χ0n) is 25.0. The van der Waals surface area contributed by atoms with Crippen molar-refractivity contribution in [2.75, 3.05) is 51.8 Å². The van der Waals surface area contributed by atoms with E-state index in [1.807, 2.05) is 51.1 Å². The SMILES string of the molecule is COc1cc2nc(-c3ccc(OCCN(C)C(=O)OC(C)(C)C)cc3)cc(N3CCC4(CCCNC4=O)C3)c2cc1F. The summed E-state index contributed by atoms with van der Waals surface area (Å²) in [5, 5.41) is 3.71. The molecule has 0 bridgehead atoms. The van der Waals surface area contributed by atoms with Gasteiger partial charge >= 0.3 is 6.09 Å². The Morgan fingerprint density at radius 2 is 1.93 bits per heavy atom. The molecule has 0 saturated carbocycles. The van der Waals surface area contributed by atoms with Gasteiger partial charge in [-0.2, -0.15) is 0 Å². The van der Waals surface area contributed by atoms with Crippen LogP contribution in [0.25, 0.3) is 22.2 Å². The molecular weight excluding hydrogens is 539 g/mol. The summed E-state index contributed by atoms with van der Waals surface area (Å²) in [5.74, 6) is 0.438. The summed E-state index contributed by atoms with van der Waals surface area (Å²) in [5.41, 5.74) is 2.06. The first-order chi connectivity index (χ1) is 20.0. The summed E-state index contributed by atoms with van der Waals surface area (Å²) < 4.78 is 31.3. The minimum absolute atomic E-state index is 0.107. The molecule has 1 unspecified atom stereocenters. The molecule has 2 amide bonds. The quantitative estimate of drug-likeness (QED) is 0.401. The zero-order valence-corrected chi connectivity index (χ0v) is 25.0. The number of ether oxygens (including phenoxy) is 3. The number of pyridine rings is 1. The normalized spacial score (nSPS) is 18.7. The van der Waals surface area contributed by atoms with Gasteiger partial charge in [0.1, 0.15) is 18.0 Å². The highest BCUT2D eigenvalue weighted by Crippen LogP contribution is 2.42. The van der Waals surface area contributed by atoms with Gasteiger partial charge in [0, 0.05) is 49.4 Å². The van der Waals surface area contributed by atoms with Crippen molar-refractivity contribution in [2.24, 2.45) is 5.41 Å². The molecule has 3 aromatic rings. The number of nitrogens with zero attached hydrogens (tertiary/aromatic N) is 3. The first-order valence-electron chi connectivity index (χ1n) is 14.4. The summed E-state index contributed by atoms with van der Waals surface area (Å²) in [4.78, 5) is 33.5. The van der Waals surface area contributed by atoms with Gasteiger partial charge in [-0.1, -0.05) is 0 Å². The Bertz CT molecular complexity index is 1470. The maximum atomic E-state index is 14.9. The van der Waals surface area contributed by atoms with Crippen LogP contribution in [0.4, 0.5) is 14.9 Å². The van der Waals surface area contributed by atoms with Crippen molar-refractivity contribution < 1.29 is 28.2 Å². The highest BCUT2D eigenvalue weighted by Gasteiger charge is 2.46. The lowest BCUT2D eigenvalue weighted by Crippen LogP contribution is -2.47. The van der Waals surface area contributed by atoms with Gasteiger partial charge in [-0.3, -0.25) is 4.79 Å². The molecule has 1 atom stereocenters. The lowest BCUT2D eigenvalue weighted by molar-refractivity contribution is -0.132. The van der Waals surface area contributed by atoms with Gasteiger partial charge in [0.05, 0.1) is 30.3 Å². The van der Waals surface area contributed by atoms with Crippen molar-refractivity contribution in [2.45, 2.75) is 45.6 Å². The third kappa shape index (κ3) is 6.22. The zero-order chi connectivity index (χ0) is 30.1. The number of hydrogen-bond acceptors (Lipinski definition) is 7. The molecule has 2 aliphatic heterocycles. The Labute approximate surface area is 245 Å². The molecule has 3 heterocycles. The van der Waals surface area contributed by atoms with Gasteiger partial charge in [-0.05, 0) is 76.4 Å². The van der Waals surface area contributed by atoms with Crippen LogP contribution in [-0.4, -0.2) is 74.4 Å². The summed E-state index contributed by atoms with van der Waals surface area (Å²) in [6, 6.07) is 12.6. The fourth-order valence-electron chi connectivity index (χ4n) is 5.63. The van der Waals surface area contributed by atoms with Crippen molar-refractivity contribution in [3.05, 3.63) is 48.3 Å².